The average molecular weight is 757 g/mol. The molecule has 292 valence electrons. The van der Waals surface area contributed by atoms with E-state index in [1.807, 2.05) is 24.3 Å². The summed E-state index contributed by atoms with van der Waals surface area (Å²) >= 11 is 0. The van der Waals surface area contributed by atoms with E-state index in [2.05, 4.69) is 30.1 Å². The fourth-order valence-electron chi connectivity index (χ4n) is 8.02. The number of aliphatic hydroxyl groups excluding tert-OH is 2. The molecule has 0 aliphatic rings. The van der Waals surface area contributed by atoms with Crippen LogP contribution in [-0.2, 0) is 43.3 Å². The van der Waals surface area contributed by atoms with Crippen LogP contribution in [-0.4, -0.2) is 58.2 Å². The molecule has 5 aromatic carbocycles. The second-order valence-corrected chi connectivity index (χ2v) is 14.4. The van der Waals surface area contributed by atoms with E-state index < -0.39 is 17.9 Å². The van der Waals surface area contributed by atoms with Gasteiger partial charge in [-0.1, -0.05) is 73.2 Å². The van der Waals surface area contributed by atoms with Crippen molar-refractivity contribution < 1.29 is 39.8 Å². The summed E-state index contributed by atoms with van der Waals surface area (Å²) in [6, 6.07) is 27.3. The summed E-state index contributed by atoms with van der Waals surface area (Å²) in [5.74, 6) is -0.682. The van der Waals surface area contributed by atoms with Crippen molar-refractivity contribution >= 4 is 16.6 Å². The summed E-state index contributed by atoms with van der Waals surface area (Å²) in [5.41, 5.74) is 7.22. The molecule has 5 N–H and O–H groups in total. The molecule has 0 bridgehead atoms. The number of aliphatic hydroxyl groups is 2. The fraction of sp³-hybridized carbons (Fsp3) is 0.298. The maximum absolute atomic E-state index is 14.4. The number of methoxy groups -OCH3 is 2. The summed E-state index contributed by atoms with van der Waals surface area (Å²) in [4.78, 5) is 18.6. The number of hydrogen-bond acceptors (Lipinski definition) is 8. The summed E-state index contributed by atoms with van der Waals surface area (Å²) in [6.45, 7) is 2.12. The number of Topliss-reactive ketones (excluding diaryl/α,β-unsaturated/α-hetero) is 1. The molecule has 0 aliphatic heterocycles. The van der Waals surface area contributed by atoms with E-state index in [9.17, 15) is 30.3 Å². The first-order chi connectivity index (χ1) is 27.1. The van der Waals surface area contributed by atoms with E-state index in [0.29, 0.717) is 37.0 Å². The summed E-state index contributed by atoms with van der Waals surface area (Å²) < 4.78 is 11.2. The monoisotopic (exact) mass is 756 g/mol. The second-order valence-electron chi connectivity index (χ2n) is 14.4. The number of hydrogen-bond donors (Lipinski definition) is 5. The Hall–Kier alpha value is -5.77. The molecule has 0 unspecified atom stereocenters. The van der Waals surface area contributed by atoms with Crippen LogP contribution in [0.5, 0.6) is 28.7 Å². The predicted octanol–water partition coefficient (Wildman–Crippen LogP) is 7.37. The molecule has 6 aromatic rings. The number of carbonyl (C=O) groups is 1. The van der Waals surface area contributed by atoms with Crippen molar-refractivity contribution in [2.75, 3.05) is 20.8 Å². The minimum atomic E-state index is -1.07. The highest BCUT2D eigenvalue weighted by atomic mass is 16.5. The molecule has 56 heavy (non-hydrogen) atoms. The Labute approximate surface area is 327 Å². The number of rotatable bonds is 18. The van der Waals surface area contributed by atoms with Crippen LogP contribution in [0.2, 0.25) is 0 Å². The minimum absolute atomic E-state index is 0.00689. The number of ether oxygens (including phenoxy) is 2. The first kappa shape index (κ1) is 39.9. The molecule has 3 atom stereocenters. The van der Waals surface area contributed by atoms with Crippen molar-refractivity contribution in [3.63, 3.8) is 0 Å². The predicted molar refractivity (Wildman–Crippen MR) is 217 cm³/mol. The van der Waals surface area contributed by atoms with E-state index in [4.69, 9.17) is 9.47 Å². The third kappa shape index (κ3) is 9.02. The van der Waals surface area contributed by atoms with Gasteiger partial charge >= 0.3 is 0 Å². The Balaban J connectivity index is 1.37. The van der Waals surface area contributed by atoms with Crippen LogP contribution in [0.4, 0.5) is 0 Å². The van der Waals surface area contributed by atoms with Gasteiger partial charge in [0.25, 0.3) is 0 Å². The van der Waals surface area contributed by atoms with Gasteiger partial charge in [0.05, 0.1) is 20.3 Å². The van der Waals surface area contributed by atoms with Gasteiger partial charge in [-0.3, -0.25) is 4.79 Å². The molecule has 9 heteroatoms. The lowest BCUT2D eigenvalue weighted by atomic mass is 9.80. The van der Waals surface area contributed by atoms with E-state index in [1.54, 1.807) is 54.9 Å². The molecule has 0 saturated carbocycles. The van der Waals surface area contributed by atoms with Crippen LogP contribution < -0.4 is 14.5 Å². The normalized spacial score (nSPS) is 13.0. The zero-order valence-electron chi connectivity index (χ0n) is 32.1. The number of ketones is 1. The summed E-state index contributed by atoms with van der Waals surface area (Å²) in [5, 5.41) is 55.9. The highest BCUT2D eigenvalue weighted by molar-refractivity contribution is 5.90. The van der Waals surface area contributed by atoms with Gasteiger partial charge in [0.15, 0.2) is 23.0 Å². The molecule has 0 fully saturated rings. The van der Waals surface area contributed by atoms with Gasteiger partial charge in [0.1, 0.15) is 11.5 Å². The first-order valence-electron chi connectivity index (χ1n) is 19.1. The number of fused-ring (bicyclic) bond motifs is 1. The van der Waals surface area contributed by atoms with Crippen molar-refractivity contribution in [1.29, 1.82) is 0 Å². The Morgan fingerprint density at radius 3 is 2.27 bits per heavy atom. The molecular weight excluding hydrogens is 707 g/mol. The van der Waals surface area contributed by atoms with E-state index in [1.165, 1.54) is 20.3 Å². The molecule has 0 aliphatic carbocycles. The van der Waals surface area contributed by atoms with Crippen LogP contribution >= 0.6 is 0 Å². The van der Waals surface area contributed by atoms with Crippen molar-refractivity contribution in [3.8, 4) is 28.7 Å². The van der Waals surface area contributed by atoms with Crippen LogP contribution in [0.25, 0.3) is 10.8 Å². The topological polar surface area (TPSA) is 151 Å². The largest absolute Gasteiger partial charge is 0.670 e. The minimum Gasteiger partial charge on any atom is -0.670 e. The van der Waals surface area contributed by atoms with E-state index >= 15 is 0 Å². The van der Waals surface area contributed by atoms with Gasteiger partial charge in [0.2, 0.25) is 0 Å². The standard InChI is InChI=1S/C47H50NO8/c1-4-31-12-13-32-7-5-8-33(18-20-49)46(32)39(31)26-40-35(14-16-42(52)47(40)56-3)24-36(21-30-17-19-48-28-30)43(53)27-44(54)38(34-9-6-10-37(50)25-34)22-29-11-15-41(51)45(23-29)55-2/h5-17,19,23,25,28,36,38,43,49-53H,4,18,20-22,24,26-27H2,1-3H3/q-1/t36-,38+,43+/m0/s1. The number of carbonyl (C=O) groups excluding carboxylic acids is 1. The van der Waals surface area contributed by atoms with Gasteiger partial charge < -0.3 is 40.0 Å². The lowest BCUT2D eigenvalue weighted by molar-refractivity contribution is -0.123. The van der Waals surface area contributed by atoms with Gasteiger partial charge in [-0.15, -0.1) is 0 Å². The molecule has 0 saturated heterocycles. The van der Waals surface area contributed by atoms with Crippen molar-refractivity contribution in [3.05, 3.63) is 148 Å². The first-order valence-corrected chi connectivity index (χ1v) is 19.1. The van der Waals surface area contributed by atoms with Gasteiger partial charge in [-0.05, 0) is 113 Å². The Morgan fingerprint density at radius 1 is 0.768 bits per heavy atom. The molecule has 6 rings (SSSR count). The van der Waals surface area contributed by atoms with Crippen molar-refractivity contribution in [2.24, 2.45) is 5.92 Å². The fourth-order valence-corrected chi connectivity index (χ4v) is 8.02. The number of benzene rings is 5. The van der Waals surface area contributed by atoms with E-state index in [-0.39, 0.29) is 48.2 Å². The number of phenolic OH excluding ortho intramolecular Hbond substituents is 3. The van der Waals surface area contributed by atoms with Crippen LogP contribution in [0.3, 0.4) is 0 Å². The maximum Gasteiger partial charge on any atom is 0.164 e. The zero-order valence-corrected chi connectivity index (χ0v) is 32.1. The van der Waals surface area contributed by atoms with Crippen molar-refractivity contribution in [2.45, 2.75) is 63.9 Å². The average Bonchev–Trinajstić information content (AvgIpc) is 3.71. The number of aromatic hydroxyl groups is 3. The van der Waals surface area contributed by atoms with Crippen LogP contribution in [0, 0.1) is 5.92 Å². The smallest absolute Gasteiger partial charge is 0.164 e. The molecular formula is C47H50NO8-. The van der Waals surface area contributed by atoms with E-state index in [0.717, 1.165) is 56.1 Å². The lowest BCUT2D eigenvalue weighted by Crippen LogP contribution is -2.30. The Morgan fingerprint density at radius 2 is 1.55 bits per heavy atom. The Kier molecular flexibility index (Phi) is 13.0. The highest BCUT2D eigenvalue weighted by Crippen LogP contribution is 2.39. The molecule has 1 aromatic heterocycles. The quantitative estimate of drug-likeness (QED) is 0.0606. The zero-order chi connectivity index (χ0) is 39.8. The van der Waals surface area contributed by atoms with Gasteiger partial charge in [-0.2, -0.15) is 12.4 Å². The lowest BCUT2D eigenvalue weighted by Gasteiger charge is -2.27. The van der Waals surface area contributed by atoms with Gasteiger partial charge in [0, 0.05) is 30.9 Å². The highest BCUT2D eigenvalue weighted by Gasteiger charge is 2.30. The summed E-state index contributed by atoms with van der Waals surface area (Å²) in [6.07, 6.45) is 5.02. The third-order valence-electron chi connectivity index (χ3n) is 10.9. The number of phenols is 3. The number of nitrogens with zero attached hydrogens (tertiary/aromatic N) is 1. The van der Waals surface area contributed by atoms with Crippen LogP contribution in [0.1, 0.15) is 63.8 Å². The Bertz CT molecular complexity index is 2260. The number of aryl methyl sites for hydroxylation is 1. The van der Waals surface area contributed by atoms with Gasteiger partial charge in [-0.25, -0.2) is 0 Å². The maximum atomic E-state index is 14.4. The molecule has 0 amide bonds. The molecule has 0 radical (unpaired) electrons. The van der Waals surface area contributed by atoms with Crippen molar-refractivity contribution in [1.82, 2.24) is 4.98 Å². The van der Waals surface area contributed by atoms with Crippen LogP contribution in [0.15, 0.2) is 103 Å². The SMILES string of the molecule is CCc1ccc2cccc(CCO)c2c1Cc1c(C[C@H](Cc2cc[n-]c2)[C@H](O)CC(=O)[C@H](Cc2ccc(O)c(OC)c2)c2cccc(O)c2)ccc(O)c1OC. The summed E-state index contributed by atoms with van der Waals surface area (Å²) in [7, 11) is 3.00. The molecule has 1 heterocycles. The molecule has 9 nitrogen and oxygen atoms in total. The second kappa shape index (κ2) is 18.2. The number of aromatic nitrogens is 1. The third-order valence-corrected chi connectivity index (χ3v) is 10.9. The molecule has 0 spiro atoms.